The van der Waals surface area contributed by atoms with Crippen LogP contribution in [0.2, 0.25) is 20.1 Å². The fourth-order valence-corrected chi connectivity index (χ4v) is 6.52. The summed E-state index contributed by atoms with van der Waals surface area (Å²) in [7, 11) is 2.57. The first kappa shape index (κ1) is 40.4. The fourth-order valence-electron chi connectivity index (χ4n) is 5.35. The highest BCUT2D eigenvalue weighted by Crippen LogP contribution is 2.35. The number of methoxy groups -OCH3 is 2. The molecule has 4 heterocycles. The van der Waals surface area contributed by atoms with Crippen molar-refractivity contribution in [1.29, 1.82) is 0 Å². The van der Waals surface area contributed by atoms with Crippen LogP contribution in [0, 0.1) is 0 Å². The van der Waals surface area contributed by atoms with Crippen molar-refractivity contribution in [2.24, 2.45) is 0 Å². The molecule has 0 unspecified atom stereocenters. The molecule has 0 radical (unpaired) electrons. The van der Waals surface area contributed by atoms with Gasteiger partial charge >= 0.3 is 12.2 Å². The molecule has 0 atom stereocenters. The molecule has 0 bridgehead atoms. The molecular formula is C30H32Cl4N14O5. The third kappa shape index (κ3) is 10.4. The second-order valence-electron chi connectivity index (χ2n) is 11.0. The van der Waals surface area contributed by atoms with Crippen LogP contribution in [-0.2, 0) is 46.7 Å². The van der Waals surface area contributed by atoms with Gasteiger partial charge in [0, 0.05) is 31.2 Å². The zero-order valence-electron chi connectivity index (χ0n) is 27.9. The number of alkyl carbamates (subject to hydrolysis) is 2. The summed E-state index contributed by atoms with van der Waals surface area (Å²) in [4.78, 5) is 40.1. The first-order valence-corrected chi connectivity index (χ1v) is 16.5. The van der Waals surface area contributed by atoms with Gasteiger partial charge in [-0.3, -0.25) is 18.7 Å². The maximum Gasteiger partial charge on any atom is 0.407 e. The van der Waals surface area contributed by atoms with Crippen molar-refractivity contribution in [2.45, 2.75) is 37.3 Å². The highest BCUT2D eigenvalue weighted by atomic mass is 35.5. The molecular weight excluding hydrogens is 778 g/mol. The number of rotatable bonds is 12. The number of amides is 2. The van der Waals surface area contributed by atoms with Gasteiger partial charge < -0.3 is 25.6 Å². The SMILES string of the molecule is COC(=O)NC(Cn1cncn1)(Cn1cncn1)c1ccc(Cl)cc1Cl.COC(=O)NC(Cn1cncn1)(Cn1cncn1)c1ccc(Cl)cc1Cl.O. The lowest BCUT2D eigenvalue weighted by Gasteiger charge is -2.35. The molecule has 0 aliphatic heterocycles. The minimum absolute atomic E-state index is 0. The van der Waals surface area contributed by atoms with E-state index in [0.29, 0.717) is 31.2 Å². The van der Waals surface area contributed by atoms with Gasteiger partial charge in [0.05, 0.1) is 40.4 Å². The molecule has 4 N–H and O–H groups in total. The largest absolute Gasteiger partial charge is 0.453 e. The van der Waals surface area contributed by atoms with Crippen LogP contribution in [0.15, 0.2) is 87.0 Å². The van der Waals surface area contributed by atoms with Gasteiger partial charge in [0.2, 0.25) is 0 Å². The second kappa shape index (κ2) is 18.4. The van der Waals surface area contributed by atoms with Gasteiger partial charge in [-0.15, -0.1) is 0 Å². The Bertz CT molecular complexity index is 1810. The Labute approximate surface area is 321 Å². The molecule has 0 fully saturated rings. The van der Waals surface area contributed by atoms with E-state index in [1.54, 1.807) is 80.4 Å². The standard InChI is InChI=1S/2C15H15Cl2N7O2.H2O/c2*1-26-14(25)22-15(5-23-9-18-7-20-23,6-24-10-19-8-21-24)12-3-2-11(16)4-13(12)17;/h2*2-4,7-10H,5-6H2,1H3,(H,22,25);1H2. The van der Waals surface area contributed by atoms with Crippen LogP contribution in [-0.4, -0.2) is 90.9 Å². The van der Waals surface area contributed by atoms with Crippen LogP contribution in [0.1, 0.15) is 11.1 Å². The number of carbonyl (C=O) groups is 2. The Balaban J connectivity index is 0.000000232. The van der Waals surface area contributed by atoms with E-state index in [9.17, 15) is 9.59 Å². The number of benzene rings is 2. The average Bonchev–Trinajstić information content (AvgIpc) is 3.95. The number of ether oxygens (including phenoxy) is 2. The first-order chi connectivity index (χ1) is 25.0. The summed E-state index contributed by atoms with van der Waals surface area (Å²) in [5, 5.41) is 24.0. The summed E-state index contributed by atoms with van der Waals surface area (Å²) in [5.74, 6) is 0. The third-order valence-corrected chi connectivity index (χ3v) is 8.64. The summed E-state index contributed by atoms with van der Waals surface area (Å²) in [6, 6.07) is 10.1. The normalized spacial score (nSPS) is 11.1. The second-order valence-corrected chi connectivity index (χ2v) is 12.7. The van der Waals surface area contributed by atoms with Crippen molar-refractivity contribution < 1.29 is 24.5 Å². The van der Waals surface area contributed by atoms with Crippen LogP contribution < -0.4 is 10.6 Å². The number of carbonyl (C=O) groups excluding carboxylic acids is 2. The van der Waals surface area contributed by atoms with Crippen LogP contribution in [0.3, 0.4) is 0 Å². The molecule has 19 nitrogen and oxygen atoms in total. The predicted molar refractivity (Wildman–Crippen MR) is 191 cm³/mol. The number of aromatic nitrogens is 12. The lowest BCUT2D eigenvalue weighted by Crippen LogP contribution is -2.52. The molecule has 280 valence electrons. The molecule has 53 heavy (non-hydrogen) atoms. The predicted octanol–water partition coefficient (Wildman–Crippen LogP) is 3.43. The summed E-state index contributed by atoms with van der Waals surface area (Å²) in [6.45, 7) is 0.902. The summed E-state index contributed by atoms with van der Waals surface area (Å²) in [5.41, 5.74) is -0.841. The van der Waals surface area contributed by atoms with Crippen LogP contribution >= 0.6 is 46.4 Å². The number of hydrogen-bond acceptors (Lipinski definition) is 12. The van der Waals surface area contributed by atoms with Crippen molar-refractivity contribution in [3.05, 3.63) is 118 Å². The van der Waals surface area contributed by atoms with E-state index in [2.05, 4.69) is 51.0 Å². The maximum atomic E-state index is 12.1. The number of halogens is 4. The Morgan fingerprint density at radius 1 is 0.585 bits per heavy atom. The van der Waals surface area contributed by atoms with Gasteiger partial charge in [0.15, 0.2) is 0 Å². The van der Waals surface area contributed by atoms with Crippen molar-refractivity contribution in [3.8, 4) is 0 Å². The lowest BCUT2D eigenvalue weighted by atomic mass is 9.89. The maximum absolute atomic E-state index is 12.1. The van der Waals surface area contributed by atoms with Crippen molar-refractivity contribution in [1.82, 2.24) is 69.7 Å². The molecule has 0 aliphatic carbocycles. The fraction of sp³-hybridized carbons (Fsp3) is 0.267. The molecule has 0 spiro atoms. The van der Waals surface area contributed by atoms with Gasteiger partial charge in [0.25, 0.3) is 0 Å². The Morgan fingerprint density at radius 2 is 0.887 bits per heavy atom. The summed E-state index contributed by atoms with van der Waals surface area (Å²) < 4.78 is 16.0. The van der Waals surface area contributed by atoms with Crippen molar-refractivity contribution in [3.63, 3.8) is 0 Å². The minimum atomic E-state index is -1.05. The van der Waals surface area contributed by atoms with Crippen LogP contribution in [0.5, 0.6) is 0 Å². The summed E-state index contributed by atoms with van der Waals surface area (Å²) >= 11 is 25.0. The number of nitrogens with zero attached hydrogens (tertiary/aromatic N) is 12. The highest BCUT2D eigenvalue weighted by Gasteiger charge is 2.40. The lowest BCUT2D eigenvalue weighted by molar-refractivity contribution is 0.140. The van der Waals surface area contributed by atoms with Crippen molar-refractivity contribution in [2.75, 3.05) is 14.2 Å². The van der Waals surface area contributed by atoms with Crippen molar-refractivity contribution >= 4 is 58.6 Å². The zero-order chi connectivity index (χ0) is 37.1. The van der Waals surface area contributed by atoms with E-state index in [-0.39, 0.29) is 31.7 Å². The topological polar surface area (TPSA) is 231 Å². The first-order valence-electron chi connectivity index (χ1n) is 15.0. The third-order valence-electron chi connectivity index (χ3n) is 7.54. The molecule has 6 aromatic rings. The summed E-state index contributed by atoms with van der Waals surface area (Å²) in [6.07, 6.45) is 10.5. The van der Waals surface area contributed by atoms with E-state index in [4.69, 9.17) is 55.9 Å². The Kier molecular flexibility index (Phi) is 14.1. The highest BCUT2D eigenvalue weighted by molar-refractivity contribution is 6.35. The molecule has 2 aromatic carbocycles. The molecule has 6 rings (SSSR count). The van der Waals surface area contributed by atoms with Gasteiger partial charge in [-0.05, 0) is 24.3 Å². The van der Waals surface area contributed by atoms with Crippen LogP contribution in [0.25, 0.3) is 0 Å². The zero-order valence-corrected chi connectivity index (χ0v) is 30.9. The van der Waals surface area contributed by atoms with Gasteiger partial charge in [-0.25, -0.2) is 29.5 Å². The molecule has 2 amide bonds. The van der Waals surface area contributed by atoms with Crippen LogP contribution in [0.4, 0.5) is 9.59 Å². The Hall–Kier alpha value is -5.34. The molecule has 0 saturated carbocycles. The Morgan fingerprint density at radius 3 is 1.11 bits per heavy atom. The van der Waals surface area contributed by atoms with E-state index in [1.807, 2.05) is 0 Å². The quantitative estimate of drug-likeness (QED) is 0.181. The molecule has 4 aromatic heterocycles. The number of hydrogen-bond donors (Lipinski definition) is 2. The molecule has 23 heteroatoms. The van der Waals surface area contributed by atoms with Gasteiger partial charge in [-0.1, -0.05) is 58.5 Å². The minimum Gasteiger partial charge on any atom is -0.453 e. The molecule has 0 saturated heterocycles. The van der Waals surface area contributed by atoms with E-state index >= 15 is 0 Å². The van der Waals surface area contributed by atoms with E-state index in [1.165, 1.54) is 39.5 Å². The van der Waals surface area contributed by atoms with E-state index in [0.717, 1.165) is 0 Å². The molecule has 0 aliphatic rings. The monoisotopic (exact) mass is 808 g/mol. The average molecular weight is 810 g/mol. The van der Waals surface area contributed by atoms with Gasteiger partial charge in [0.1, 0.15) is 61.7 Å². The smallest absolute Gasteiger partial charge is 0.407 e. The van der Waals surface area contributed by atoms with Gasteiger partial charge in [-0.2, -0.15) is 20.4 Å². The van der Waals surface area contributed by atoms with E-state index < -0.39 is 23.3 Å². The number of nitrogens with one attached hydrogen (secondary N) is 2.